The van der Waals surface area contributed by atoms with Crippen LogP contribution in [0.4, 0.5) is 34.1 Å². The van der Waals surface area contributed by atoms with Crippen LogP contribution in [0.5, 0.6) is 0 Å². The zero-order valence-electron chi connectivity index (χ0n) is 31.2. The molecule has 4 heterocycles. The van der Waals surface area contributed by atoms with Gasteiger partial charge < -0.3 is 9.80 Å². The molecule has 0 N–H and O–H groups in total. The van der Waals surface area contributed by atoms with Crippen molar-refractivity contribution in [3.63, 3.8) is 0 Å². The van der Waals surface area contributed by atoms with Gasteiger partial charge in [0.05, 0.1) is 32.6 Å². The van der Waals surface area contributed by atoms with Gasteiger partial charge in [0.2, 0.25) is 0 Å². The van der Waals surface area contributed by atoms with Crippen LogP contribution in [0.15, 0.2) is 198 Å². The second-order valence-corrected chi connectivity index (χ2v) is 16.8. The molecule has 0 radical (unpaired) electrons. The van der Waals surface area contributed by atoms with Crippen LogP contribution in [0.3, 0.4) is 0 Å². The molecular weight excluding hydrogens is 747 g/mol. The van der Waals surface area contributed by atoms with Gasteiger partial charge in [0.15, 0.2) is 0 Å². The molecule has 2 aromatic heterocycles. The van der Waals surface area contributed by atoms with Crippen LogP contribution in [-0.4, -0.2) is 14.5 Å². The van der Waals surface area contributed by atoms with Gasteiger partial charge in [-0.3, -0.25) is 4.57 Å². The molecule has 10 aromatic rings. The van der Waals surface area contributed by atoms with Crippen molar-refractivity contribution in [1.82, 2.24) is 14.5 Å². The van der Waals surface area contributed by atoms with Crippen LogP contribution in [0.25, 0.3) is 48.9 Å². The van der Waals surface area contributed by atoms with Crippen molar-refractivity contribution in [1.29, 1.82) is 0 Å². The third-order valence-corrected chi connectivity index (χ3v) is 13.4. The fourth-order valence-electron chi connectivity index (χ4n) is 8.52. The Morgan fingerprint density at radius 2 is 0.966 bits per heavy atom. The fourth-order valence-corrected chi connectivity index (χ4v) is 10.6. The van der Waals surface area contributed by atoms with Gasteiger partial charge in [-0.2, -0.15) is 0 Å². The maximum atomic E-state index is 5.33. The average molecular weight is 780 g/mol. The van der Waals surface area contributed by atoms with Gasteiger partial charge in [-0.15, -0.1) is 11.3 Å². The minimum absolute atomic E-state index is 0.903. The molecular formula is C51H33N5S2. The maximum absolute atomic E-state index is 5.33. The van der Waals surface area contributed by atoms with Crippen LogP contribution in [-0.2, 0) is 6.42 Å². The molecule has 0 amide bonds. The Hall–Kier alpha value is -6.93. The molecule has 5 nitrogen and oxygen atoms in total. The number of fused-ring (bicyclic) bond motifs is 6. The van der Waals surface area contributed by atoms with E-state index < -0.39 is 0 Å². The second kappa shape index (κ2) is 13.3. The first-order chi connectivity index (χ1) is 28.7. The van der Waals surface area contributed by atoms with E-state index in [1.165, 1.54) is 43.7 Å². The first-order valence-electron chi connectivity index (χ1n) is 19.4. The van der Waals surface area contributed by atoms with Crippen molar-refractivity contribution in [2.24, 2.45) is 0 Å². The van der Waals surface area contributed by atoms with Crippen LogP contribution < -0.4 is 9.80 Å². The molecule has 0 bridgehead atoms. The topological polar surface area (TPSA) is 37.2 Å². The fraction of sp³-hybridized carbons (Fsp3) is 0.0196. The van der Waals surface area contributed by atoms with Crippen LogP contribution in [0.1, 0.15) is 11.1 Å². The monoisotopic (exact) mass is 779 g/mol. The van der Waals surface area contributed by atoms with E-state index in [0.717, 1.165) is 66.7 Å². The minimum atomic E-state index is 0.903. The van der Waals surface area contributed by atoms with E-state index in [2.05, 4.69) is 202 Å². The quantitative estimate of drug-likeness (QED) is 0.174. The molecule has 0 atom stereocenters. The summed E-state index contributed by atoms with van der Waals surface area (Å²) in [4.78, 5) is 17.8. The highest BCUT2D eigenvalue weighted by Gasteiger charge is 2.26. The maximum Gasteiger partial charge on any atom is 0.145 e. The van der Waals surface area contributed by atoms with Crippen molar-refractivity contribution in [2.75, 3.05) is 9.80 Å². The van der Waals surface area contributed by atoms with Crippen molar-refractivity contribution in [2.45, 2.75) is 16.2 Å². The van der Waals surface area contributed by atoms with Crippen LogP contribution in [0.2, 0.25) is 0 Å². The van der Waals surface area contributed by atoms with Gasteiger partial charge in [0, 0.05) is 55.8 Å². The number of nitrogens with zero attached hydrogens (tertiary/aromatic N) is 5. The molecule has 274 valence electrons. The minimum Gasteiger partial charge on any atom is -0.310 e. The molecule has 8 aromatic carbocycles. The number of rotatable bonds is 5. The van der Waals surface area contributed by atoms with Gasteiger partial charge >= 0.3 is 0 Å². The van der Waals surface area contributed by atoms with E-state index in [9.17, 15) is 0 Å². The summed E-state index contributed by atoms with van der Waals surface area (Å²) in [6.07, 6.45) is 0.936. The third kappa shape index (κ3) is 5.39. The number of aromatic nitrogens is 3. The van der Waals surface area contributed by atoms with Gasteiger partial charge in [0.25, 0.3) is 0 Å². The molecule has 58 heavy (non-hydrogen) atoms. The summed E-state index contributed by atoms with van der Waals surface area (Å²) in [5.41, 5.74) is 15.9. The lowest BCUT2D eigenvalue weighted by Gasteiger charge is -2.33. The zero-order valence-corrected chi connectivity index (χ0v) is 32.8. The molecule has 0 fully saturated rings. The zero-order chi connectivity index (χ0) is 38.2. The Kier molecular flexibility index (Phi) is 7.64. The van der Waals surface area contributed by atoms with Gasteiger partial charge in [-0.25, -0.2) is 9.97 Å². The van der Waals surface area contributed by atoms with Crippen molar-refractivity contribution >= 4 is 78.5 Å². The standard InChI is InChI=1S/C51H33N5S2/c1-2-14-37(15-3-1)56-46-31-41-49(58-51(53-41)34-24-28-39(29-25-34)55-44-18-8-10-20-47(44)57-48-21-11-9-19-45(48)55)32-40(46)52-50(56)33-22-26-38(27-23-33)54-42-16-6-4-12-35(42)30-36-13-5-7-17-43(36)54/h1-29,31-32H,30H2. The van der Waals surface area contributed by atoms with E-state index in [0.29, 0.717) is 0 Å². The summed E-state index contributed by atoms with van der Waals surface area (Å²) in [5, 5.41) is 0.993. The van der Waals surface area contributed by atoms with Crippen LogP contribution >= 0.6 is 23.1 Å². The number of hydrogen-bond acceptors (Lipinski definition) is 6. The molecule has 0 saturated carbocycles. The molecule has 2 aliphatic heterocycles. The van der Waals surface area contributed by atoms with Crippen molar-refractivity contribution < 1.29 is 0 Å². The smallest absolute Gasteiger partial charge is 0.145 e. The molecule has 2 aliphatic rings. The van der Waals surface area contributed by atoms with Crippen LogP contribution in [0, 0.1) is 0 Å². The first kappa shape index (κ1) is 33.2. The lowest BCUT2D eigenvalue weighted by Crippen LogP contribution is -2.18. The number of benzene rings is 8. The number of para-hydroxylation sites is 5. The van der Waals surface area contributed by atoms with Crippen molar-refractivity contribution in [3.05, 3.63) is 199 Å². The highest BCUT2D eigenvalue weighted by Crippen LogP contribution is 2.51. The first-order valence-corrected chi connectivity index (χ1v) is 21.1. The normalized spacial score (nSPS) is 13.0. The highest BCUT2D eigenvalue weighted by atomic mass is 32.2. The largest absolute Gasteiger partial charge is 0.310 e. The summed E-state index contributed by atoms with van der Waals surface area (Å²) in [6, 6.07) is 67.3. The molecule has 0 saturated heterocycles. The summed E-state index contributed by atoms with van der Waals surface area (Å²) >= 11 is 3.54. The van der Waals surface area contributed by atoms with Gasteiger partial charge in [0.1, 0.15) is 10.8 Å². The summed E-state index contributed by atoms with van der Waals surface area (Å²) in [7, 11) is 0. The Morgan fingerprint density at radius 3 is 1.60 bits per heavy atom. The SMILES string of the molecule is c1ccc(-n2c(-c3ccc(N4c5ccccc5Cc5ccccc54)cc3)nc3cc4sc(-c5ccc(N6c7ccccc7Sc7ccccc76)cc5)nc4cc32)cc1. The summed E-state index contributed by atoms with van der Waals surface area (Å²) < 4.78 is 3.39. The average Bonchev–Trinajstić information content (AvgIpc) is 3.88. The predicted octanol–water partition coefficient (Wildman–Crippen LogP) is 14.3. The molecule has 7 heteroatoms. The number of imidazole rings is 1. The van der Waals surface area contributed by atoms with E-state index in [1.807, 2.05) is 11.8 Å². The Labute approximate surface area is 344 Å². The van der Waals surface area contributed by atoms with Gasteiger partial charge in [-0.05, 0) is 120 Å². The number of thiazole rings is 1. The lowest BCUT2D eigenvalue weighted by atomic mass is 9.95. The Bertz CT molecular complexity index is 3090. The van der Waals surface area contributed by atoms with E-state index in [1.54, 1.807) is 11.3 Å². The molecule has 0 unspecified atom stereocenters. The summed E-state index contributed by atoms with van der Waals surface area (Å²) in [6.45, 7) is 0. The number of hydrogen-bond donors (Lipinski definition) is 0. The predicted molar refractivity (Wildman–Crippen MR) is 241 cm³/mol. The molecule has 0 aliphatic carbocycles. The van der Waals surface area contributed by atoms with E-state index in [4.69, 9.17) is 9.97 Å². The Balaban J connectivity index is 0.915. The molecule has 0 spiro atoms. The third-order valence-electron chi connectivity index (χ3n) is 11.2. The van der Waals surface area contributed by atoms with E-state index >= 15 is 0 Å². The van der Waals surface area contributed by atoms with Gasteiger partial charge in [-0.1, -0.05) is 90.6 Å². The second-order valence-electron chi connectivity index (χ2n) is 14.7. The lowest BCUT2D eigenvalue weighted by molar-refractivity contribution is 1.08. The highest BCUT2D eigenvalue weighted by molar-refractivity contribution is 7.99. The van der Waals surface area contributed by atoms with Crippen molar-refractivity contribution in [3.8, 4) is 27.6 Å². The summed E-state index contributed by atoms with van der Waals surface area (Å²) in [5.74, 6) is 0.903. The molecule has 12 rings (SSSR count). The Morgan fingerprint density at radius 1 is 0.431 bits per heavy atom. The number of anilines is 6. The van der Waals surface area contributed by atoms with E-state index in [-0.39, 0.29) is 0 Å².